The molecule has 0 saturated carbocycles. The maximum atomic E-state index is 13.8. The molecule has 0 amide bonds. The van der Waals surface area contributed by atoms with Crippen LogP contribution in [0.4, 0.5) is 4.39 Å². The third-order valence-electron chi connectivity index (χ3n) is 3.45. The minimum absolute atomic E-state index is 0.0245. The lowest BCUT2D eigenvalue weighted by atomic mass is 10.0. The molecule has 0 aliphatic heterocycles. The molecule has 21 heavy (non-hydrogen) atoms. The second-order valence-corrected chi connectivity index (χ2v) is 7.92. The summed E-state index contributed by atoms with van der Waals surface area (Å²) in [6, 6.07) is 4.67. The highest BCUT2D eigenvalue weighted by Crippen LogP contribution is 2.21. The number of likely N-dealkylation sites (N-methyl/N-ethyl adjacent to an activating group) is 1. The van der Waals surface area contributed by atoms with Gasteiger partial charge in [-0.2, -0.15) is 0 Å². The van der Waals surface area contributed by atoms with Crippen molar-refractivity contribution >= 4 is 21.4 Å². The first kappa shape index (κ1) is 18.4. The first-order valence-electron chi connectivity index (χ1n) is 7.26. The molecule has 0 spiro atoms. The van der Waals surface area contributed by atoms with Crippen LogP contribution in [0, 0.1) is 5.82 Å². The summed E-state index contributed by atoms with van der Waals surface area (Å²) >= 11 is 6.04. The maximum absolute atomic E-state index is 13.8. The molecule has 1 N–H and O–H groups in total. The van der Waals surface area contributed by atoms with E-state index in [-0.39, 0.29) is 23.4 Å². The average Bonchev–Trinajstić information content (AvgIpc) is 2.43. The minimum atomic E-state index is -2.95. The van der Waals surface area contributed by atoms with Crippen LogP contribution in [0.25, 0.3) is 0 Å². The van der Waals surface area contributed by atoms with Crippen molar-refractivity contribution in [2.24, 2.45) is 0 Å². The fourth-order valence-electron chi connectivity index (χ4n) is 2.23. The fourth-order valence-corrected chi connectivity index (χ4v) is 3.37. The average molecular weight is 336 g/mol. The number of rotatable bonds is 9. The molecule has 6 heteroatoms. The van der Waals surface area contributed by atoms with Crippen LogP contribution in [0.3, 0.4) is 0 Å². The fraction of sp³-hybridized carbons (Fsp3) is 0.600. The predicted octanol–water partition coefficient (Wildman–Crippen LogP) is 3.21. The van der Waals surface area contributed by atoms with Crippen molar-refractivity contribution in [3.8, 4) is 0 Å². The van der Waals surface area contributed by atoms with E-state index in [9.17, 15) is 12.8 Å². The van der Waals surface area contributed by atoms with E-state index in [0.29, 0.717) is 29.8 Å². The van der Waals surface area contributed by atoms with Crippen LogP contribution in [0.15, 0.2) is 18.2 Å². The summed E-state index contributed by atoms with van der Waals surface area (Å²) in [7, 11) is -2.95. The Morgan fingerprint density at radius 3 is 2.62 bits per heavy atom. The first-order chi connectivity index (χ1) is 9.89. The number of hydrogen-bond acceptors (Lipinski definition) is 3. The largest absolute Gasteiger partial charge is 0.314 e. The van der Waals surface area contributed by atoms with Crippen LogP contribution in [-0.2, 0) is 16.3 Å². The molecule has 0 aliphatic rings. The molecule has 0 heterocycles. The highest BCUT2D eigenvalue weighted by atomic mass is 35.5. The predicted molar refractivity (Wildman–Crippen MR) is 86.1 cm³/mol. The van der Waals surface area contributed by atoms with Crippen LogP contribution in [0.1, 0.15) is 32.3 Å². The molecule has 0 radical (unpaired) electrons. The number of hydrogen-bond donors (Lipinski definition) is 1. The van der Waals surface area contributed by atoms with Gasteiger partial charge in [0.1, 0.15) is 15.7 Å². The van der Waals surface area contributed by atoms with Gasteiger partial charge in [0.25, 0.3) is 0 Å². The number of halogens is 2. The second kappa shape index (κ2) is 8.71. The van der Waals surface area contributed by atoms with Gasteiger partial charge in [0.2, 0.25) is 0 Å². The molecule has 3 nitrogen and oxygen atoms in total. The zero-order chi connectivity index (χ0) is 15.9. The molecule has 1 unspecified atom stereocenters. The van der Waals surface area contributed by atoms with Gasteiger partial charge in [0, 0.05) is 22.4 Å². The summed E-state index contributed by atoms with van der Waals surface area (Å²) in [6.45, 7) is 4.37. The summed E-state index contributed by atoms with van der Waals surface area (Å²) in [6.07, 6.45) is 1.71. The molecule has 0 aliphatic carbocycles. The molecular weight excluding hydrogens is 313 g/mol. The van der Waals surface area contributed by atoms with E-state index in [2.05, 4.69) is 5.32 Å². The van der Waals surface area contributed by atoms with Gasteiger partial charge in [0.05, 0.1) is 5.75 Å². The van der Waals surface area contributed by atoms with Gasteiger partial charge in [-0.15, -0.1) is 0 Å². The topological polar surface area (TPSA) is 46.2 Å². The summed E-state index contributed by atoms with van der Waals surface area (Å²) in [5.41, 5.74) is 0.489. The third kappa shape index (κ3) is 6.32. The van der Waals surface area contributed by atoms with Gasteiger partial charge in [-0.25, -0.2) is 12.8 Å². The van der Waals surface area contributed by atoms with Crippen molar-refractivity contribution in [2.45, 2.75) is 39.2 Å². The Morgan fingerprint density at radius 1 is 1.33 bits per heavy atom. The molecule has 0 bridgehead atoms. The summed E-state index contributed by atoms with van der Waals surface area (Å²) in [5, 5.41) is 3.69. The molecule has 120 valence electrons. The van der Waals surface area contributed by atoms with E-state index in [1.807, 2.05) is 6.92 Å². The van der Waals surface area contributed by atoms with Gasteiger partial charge in [0.15, 0.2) is 0 Å². The Hall–Kier alpha value is -0.650. The molecule has 1 aromatic rings. The summed E-state index contributed by atoms with van der Waals surface area (Å²) < 4.78 is 36.8. The van der Waals surface area contributed by atoms with E-state index in [0.717, 1.165) is 6.54 Å². The number of nitrogens with one attached hydrogen (secondary N) is 1. The van der Waals surface area contributed by atoms with Crippen molar-refractivity contribution < 1.29 is 12.8 Å². The summed E-state index contributed by atoms with van der Waals surface area (Å²) in [5.74, 6) is 0.0283. The smallest absolute Gasteiger partial charge is 0.150 e. The lowest BCUT2D eigenvalue weighted by molar-refractivity contribution is 0.474. The lowest BCUT2D eigenvalue weighted by Gasteiger charge is -2.19. The minimum Gasteiger partial charge on any atom is -0.314 e. The summed E-state index contributed by atoms with van der Waals surface area (Å²) in [4.78, 5) is 0. The van der Waals surface area contributed by atoms with Crippen LogP contribution >= 0.6 is 11.6 Å². The number of benzene rings is 1. The van der Waals surface area contributed by atoms with E-state index in [4.69, 9.17) is 11.6 Å². The van der Waals surface area contributed by atoms with Crippen molar-refractivity contribution in [3.05, 3.63) is 34.6 Å². The van der Waals surface area contributed by atoms with Gasteiger partial charge in [-0.05, 0) is 37.9 Å². The monoisotopic (exact) mass is 335 g/mol. The van der Waals surface area contributed by atoms with Crippen molar-refractivity contribution in [1.29, 1.82) is 0 Å². The molecule has 1 rings (SSSR count). The highest BCUT2D eigenvalue weighted by molar-refractivity contribution is 7.91. The normalized spacial score (nSPS) is 13.3. The highest BCUT2D eigenvalue weighted by Gasteiger charge is 2.15. The molecular formula is C15H23ClFNO2S. The van der Waals surface area contributed by atoms with Crippen LogP contribution < -0.4 is 5.32 Å². The van der Waals surface area contributed by atoms with Gasteiger partial charge in [-0.1, -0.05) is 31.5 Å². The standard InChI is InChI=1S/C15H23ClFNO2S/c1-3-18-12(7-6-10-21(19,20)4-2)11-13-14(16)8-5-9-15(13)17/h5,8-9,12,18H,3-4,6-7,10-11H2,1-2H3. The van der Waals surface area contributed by atoms with Gasteiger partial charge in [-0.3, -0.25) is 0 Å². The van der Waals surface area contributed by atoms with E-state index >= 15 is 0 Å². The van der Waals surface area contributed by atoms with Crippen molar-refractivity contribution in [3.63, 3.8) is 0 Å². The van der Waals surface area contributed by atoms with E-state index < -0.39 is 9.84 Å². The first-order valence-corrected chi connectivity index (χ1v) is 9.46. The molecule has 0 aromatic heterocycles. The Bertz CT molecular complexity index is 528. The van der Waals surface area contributed by atoms with E-state index in [1.54, 1.807) is 19.1 Å². The lowest BCUT2D eigenvalue weighted by Crippen LogP contribution is -2.32. The van der Waals surface area contributed by atoms with Crippen molar-refractivity contribution in [2.75, 3.05) is 18.1 Å². The van der Waals surface area contributed by atoms with Gasteiger partial charge < -0.3 is 5.32 Å². The second-order valence-electron chi connectivity index (χ2n) is 5.04. The third-order valence-corrected chi connectivity index (χ3v) is 5.60. The molecule has 1 atom stereocenters. The molecule has 1 aromatic carbocycles. The Kier molecular flexibility index (Phi) is 7.63. The zero-order valence-electron chi connectivity index (χ0n) is 12.5. The molecule has 0 fully saturated rings. The van der Waals surface area contributed by atoms with Crippen LogP contribution in [0.5, 0.6) is 0 Å². The molecule has 0 saturated heterocycles. The van der Waals surface area contributed by atoms with Crippen LogP contribution in [-0.4, -0.2) is 32.5 Å². The SMILES string of the molecule is CCNC(CCCS(=O)(=O)CC)Cc1c(F)cccc1Cl. The Labute approximate surface area is 131 Å². The van der Waals surface area contributed by atoms with Crippen LogP contribution in [0.2, 0.25) is 5.02 Å². The maximum Gasteiger partial charge on any atom is 0.150 e. The Morgan fingerprint density at radius 2 is 2.05 bits per heavy atom. The van der Waals surface area contributed by atoms with E-state index in [1.165, 1.54) is 6.07 Å². The zero-order valence-corrected chi connectivity index (χ0v) is 14.1. The quantitative estimate of drug-likeness (QED) is 0.753. The Balaban J connectivity index is 2.66. The van der Waals surface area contributed by atoms with Gasteiger partial charge >= 0.3 is 0 Å². The number of sulfone groups is 1. The van der Waals surface area contributed by atoms with Crippen molar-refractivity contribution in [1.82, 2.24) is 5.32 Å².